The number of aryl methyl sites for hydroxylation is 1. The lowest BCUT2D eigenvalue weighted by molar-refractivity contribution is -0.274. The first-order valence-electron chi connectivity index (χ1n) is 8.57. The molecule has 0 aliphatic heterocycles. The van der Waals surface area contributed by atoms with Gasteiger partial charge in [0.15, 0.2) is 0 Å². The molecular formula is C20H18F3N2O3. The quantitative estimate of drug-likeness (QED) is 0.670. The summed E-state index contributed by atoms with van der Waals surface area (Å²) in [5.41, 5.74) is -0.161. The Morgan fingerprint density at radius 2 is 1.75 bits per heavy atom. The van der Waals surface area contributed by atoms with Gasteiger partial charge in [0.25, 0.3) is 5.56 Å². The largest absolute Gasteiger partial charge is 0.573 e. The molecule has 147 valence electrons. The molecule has 1 heterocycles. The third kappa shape index (κ3) is 3.81. The van der Waals surface area contributed by atoms with Crippen molar-refractivity contribution in [3.8, 4) is 5.75 Å². The molecule has 0 spiro atoms. The Morgan fingerprint density at radius 3 is 2.36 bits per heavy atom. The van der Waals surface area contributed by atoms with Crippen LogP contribution in [0.3, 0.4) is 0 Å². The average Bonchev–Trinajstić information content (AvgIpc) is 2.64. The summed E-state index contributed by atoms with van der Waals surface area (Å²) in [4.78, 5) is 25.5. The van der Waals surface area contributed by atoms with Gasteiger partial charge in [0.2, 0.25) is 0 Å². The molecule has 3 rings (SSSR count). The fraction of sp³-hybridized carbons (Fsp3) is 0.250. The third-order valence-electron chi connectivity index (χ3n) is 4.42. The number of hydrogen-bond donors (Lipinski definition) is 0. The van der Waals surface area contributed by atoms with Crippen LogP contribution in [0.4, 0.5) is 13.2 Å². The molecule has 5 nitrogen and oxygen atoms in total. The van der Waals surface area contributed by atoms with Crippen molar-refractivity contribution in [1.82, 2.24) is 9.13 Å². The van der Waals surface area contributed by atoms with E-state index in [0.29, 0.717) is 5.56 Å². The maximum absolute atomic E-state index is 13.0. The monoisotopic (exact) mass is 391 g/mol. The van der Waals surface area contributed by atoms with Crippen LogP contribution in [-0.4, -0.2) is 15.5 Å². The molecule has 0 amide bonds. The summed E-state index contributed by atoms with van der Waals surface area (Å²) in [7, 11) is 1.47. The summed E-state index contributed by atoms with van der Waals surface area (Å²) >= 11 is 0. The standard InChI is InChI=1S/C20H18F3N2O3/c1-3-11-25-18(26)17-14(12-13-7-5-4-6-8-13)16(28-20(21,22)23)10-9-15(17)24(2)19(25)27/h4-10H,1,3,11-12H2,2H3. The lowest BCUT2D eigenvalue weighted by Crippen LogP contribution is -2.39. The van der Waals surface area contributed by atoms with E-state index in [4.69, 9.17) is 0 Å². The number of aromatic nitrogens is 2. The van der Waals surface area contributed by atoms with Crippen molar-refractivity contribution in [2.24, 2.45) is 7.05 Å². The first-order chi connectivity index (χ1) is 13.2. The van der Waals surface area contributed by atoms with Gasteiger partial charge in [-0.25, -0.2) is 4.79 Å². The molecule has 0 unspecified atom stereocenters. The third-order valence-corrected chi connectivity index (χ3v) is 4.42. The Morgan fingerprint density at radius 1 is 1.07 bits per heavy atom. The molecule has 0 saturated carbocycles. The van der Waals surface area contributed by atoms with Crippen molar-refractivity contribution >= 4 is 10.9 Å². The van der Waals surface area contributed by atoms with Gasteiger partial charge in [-0.1, -0.05) is 37.3 Å². The van der Waals surface area contributed by atoms with Crippen LogP contribution in [-0.2, 0) is 20.0 Å². The molecule has 28 heavy (non-hydrogen) atoms. The van der Waals surface area contributed by atoms with E-state index in [2.05, 4.69) is 11.7 Å². The molecule has 1 aromatic heterocycles. The minimum atomic E-state index is -4.91. The summed E-state index contributed by atoms with van der Waals surface area (Å²) in [6.45, 7) is 3.71. The Hall–Kier alpha value is -3.03. The highest BCUT2D eigenvalue weighted by molar-refractivity contribution is 5.84. The first-order valence-corrected chi connectivity index (χ1v) is 8.57. The highest BCUT2D eigenvalue weighted by Crippen LogP contribution is 2.32. The molecule has 0 N–H and O–H groups in total. The van der Waals surface area contributed by atoms with Gasteiger partial charge in [-0.15, -0.1) is 13.2 Å². The van der Waals surface area contributed by atoms with E-state index in [1.165, 1.54) is 17.7 Å². The van der Waals surface area contributed by atoms with E-state index in [1.807, 2.05) is 0 Å². The molecular weight excluding hydrogens is 373 g/mol. The van der Waals surface area contributed by atoms with Crippen molar-refractivity contribution in [2.75, 3.05) is 0 Å². The SMILES string of the molecule is [CH2]CCn1c(=O)c2c(Cc3ccccc3)c(OC(F)(F)F)ccc2n(C)c1=O. The Labute approximate surface area is 158 Å². The zero-order chi connectivity index (χ0) is 20.5. The van der Waals surface area contributed by atoms with Crippen molar-refractivity contribution in [3.05, 3.63) is 81.4 Å². The van der Waals surface area contributed by atoms with E-state index >= 15 is 0 Å². The minimum absolute atomic E-state index is 0.0288. The molecule has 8 heteroatoms. The van der Waals surface area contributed by atoms with Gasteiger partial charge in [-0.2, -0.15) is 0 Å². The maximum Gasteiger partial charge on any atom is 0.573 e. The van der Waals surface area contributed by atoms with Gasteiger partial charge in [0, 0.05) is 25.6 Å². The van der Waals surface area contributed by atoms with Crippen LogP contribution in [0.1, 0.15) is 17.5 Å². The zero-order valence-electron chi connectivity index (χ0n) is 15.1. The average molecular weight is 391 g/mol. The zero-order valence-corrected chi connectivity index (χ0v) is 15.1. The van der Waals surface area contributed by atoms with Crippen molar-refractivity contribution in [2.45, 2.75) is 25.7 Å². The van der Waals surface area contributed by atoms with E-state index < -0.39 is 23.4 Å². The maximum atomic E-state index is 13.0. The number of fused-ring (bicyclic) bond motifs is 1. The normalized spacial score (nSPS) is 11.8. The second-order valence-corrected chi connectivity index (χ2v) is 6.30. The van der Waals surface area contributed by atoms with Gasteiger partial charge in [0.1, 0.15) is 5.75 Å². The van der Waals surface area contributed by atoms with Gasteiger partial charge in [-0.05, 0) is 24.1 Å². The summed E-state index contributed by atoms with van der Waals surface area (Å²) in [5, 5.41) is 0.0288. The van der Waals surface area contributed by atoms with Crippen LogP contribution in [0.5, 0.6) is 5.75 Å². The molecule has 0 aliphatic rings. The van der Waals surface area contributed by atoms with Gasteiger partial charge in [-0.3, -0.25) is 13.9 Å². The van der Waals surface area contributed by atoms with Crippen LogP contribution >= 0.6 is 0 Å². The Bertz CT molecular complexity index is 1120. The lowest BCUT2D eigenvalue weighted by Gasteiger charge is -2.18. The van der Waals surface area contributed by atoms with E-state index in [0.717, 1.165) is 10.6 Å². The van der Waals surface area contributed by atoms with Crippen LogP contribution in [0.25, 0.3) is 10.9 Å². The van der Waals surface area contributed by atoms with Crippen LogP contribution < -0.4 is 16.0 Å². The predicted molar refractivity (Wildman–Crippen MR) is 99.4 cm³/mol. The van der Waals surface area contributed by atoms with Crippen LogP contribution in [0.15, 0.2) is 52.1 Å². The van der Waals surface area contributed by atoms with Crippen LogP contribution in [0.2, 0.25) is 0 Å². The first kappa shape index (κ1) is 19.7. The Kier molecular flexibility index (Phi) is 5.31. The second kappa shape index (κ2) is 7.53. The summed E-state index contributed by atoms with van der Waals surface area (Å²) in [6, 6.07) is 11.2. The van der Waals surface area contributed by atoms with Crippen molar-refractivity contribution < 1.29 is 17.9 Å². The van der Waals surface area contributed by atoms with Gasteiger partial charge in [0.05, 0.1) is 10.9 Å². The highest BCUT2D eigenvalue weighted by atomic mass is 19.4. The molecule has 1 radical (unpaired) electrons. The highest BCUT2D eigenvalue weighted by Gasteiger charge is 2.33. The molecule has 0 aliphatic carbocycles. The smallest absolute Gasteiger partial charge is 0.405 e. The molecule has 0 fully saturated rings. The molecule has 0 atom stereocenters. The number of alkyl halides is 3. The predicted octanol–water partition coefficient (Wildman–Crippen LogP) is 3.41. The molecule has 0 saturated heterocycles. The molecule has 3 aromatic rings. The lowest BCUT2D eigenvalue weighted by atomic mass is 10.00. The summed E-state index contributed by atoms with van der Waals surface area (Å²) < 4.78 is 45.2. The number of benzene rings is 2. The Balaban J connectivity index is 2.37. The topological polar surface area (TPSA) is 53.2 Å². The van der Waals surface area contributed by atoms with Gasteiger partial charge >= 0.3 is 12.1 Å². The van der Waals surface area contributed by atoms with Crippen molar-refractivity contribution in [3.63, 3.8) is 0 Å². The van der Waals surface area contributed by atoms with E-state index in [9.17, 15) is 22.8 Å². The molecule has 0 bridgehead atoms. The molecule has 2 aromatic carbocycles. The summed E-state index contributed by atoms with van der Waals surface area (Å²) in [6.07, 6.45) is -4.58. The second-order valence-electron chi connectivity index (χ2n) is 6.30. The number of hydrogen-bond acceptors (Lipinski definition) is 3. The number of nitrogens with zero attached hydrogens (tertiary/aromatic N) is 2. The minimum Gasteiger partial charge on any atom is -0.405 e. The summed E-state index contributed by atoms with van der Waals surface area (Å²) in [5.74, 6) is -0.458. The van der Waals surface area contributed by atoms with E-state index in [-0.39, 0.29) is 35.9 Å². The fourth-order valence-corrected chi connectivity index (χ4v) is 3.19. The van der Waals surface area contributed by atoms with Crippen LogP contribution in [0, 0.1) is 6.92 Å². The van der Waals surface area contributed by atoms with Crippen molar-refractivity contribution in [1.29, 1.82) is 0 Å². The van der Waals surface area contributed by atoms with E-state index in [1.54, 1.807) is 30.3 Å². The van der Waals surface area contributed by atoms with Gasteiger partial charge < -0.3 is 4.74 Å². The fourth-order valence-electron chi connectivity index (χ4n) is 3.19. The number of rotatable bonds is 5. The number of halogens is 3. The number of ether oxygens (including phenoxy) is 1.